The first-order valence-electron chi connectivity index (χ1n) is 10.4. The molecular formula is C24H20N2O7S. The maximum Gasteiger partial charge on any atom is 0.261 e. The van der Waals surface area contributed by atoms with E-state index in [1.165, 1.54) is 30.3 Å². The third-order valence-electron chi connectivity index (χ3n) is 5.73. The van der Waals surface area contributed by atoms with Gasteiger partial charge in [0.05, 0.1) is 10.3 Å². The first-order chi connectivity index (χ1) is 16.2. The van der Waals surface area contributed by atoms with Crippen LogP contribution in [0, 0.1) is 0 Å². The van der Waals surface area contributed by atoms with Crippen LogP contribution in [-0.4, -0.2) is 30.3 Å². The molecule has 0 bridgehead atoms. The van der Waals surface area contributed by atoms with E-state index >= 15 is 0 Å². The van der Waals surface area contributed by atoms with Crippen LogP contribution in [0.25, 0.3) is 22.3 Å². The Bertz CT molecular complexity index is 1610. The molecule has 5 N–H and O–H groups in total. The minimum Gasteiger partial charge on any atom is -0.504 e. The van der Waals surface area contributed by atoms with Crippen molar-refractivity contribution < 1.29 is 28.2 Å². The Balaban J connectivity index is 1.51. The van der Waals surface area contributed by atoms with Crippen molar-refractivity contribution in [1.82, 2.24) is 5.32 Å². The second-order valence-corrected chi connectivity index (χ2v) is 9.67. The Hall–Kier alpha value is -4.02. The van der Waals surface area contributed by atoms with Crippen molar-refractivity contribution in [2.45, 2.75) is 17.9 Å². The van der Waals surface area contributed by atoms with E-state index in [4.69, 9.17) is 4.42 Å². The molecule has 0 saturated carbocycles. The van der Waals surface area contributed by atoms with Gasteiger partial charge in [-0.2, -0.15) is 0 Å². The monoisotopic (exact) mass is 480 g/mol. The zero-order valence-electron chi connectivity index (χ0n) is 17.7. The molecule has 9 nitrogen and oxygen atoms in total. The zero-order chi connectivity index (χ0) is 24.0. The van der Waals surface area contributed by atoms with E-state index in [1.807, 2.05) is 0 Å². The lowest BCUT2D eigenvalue weighted by Gasteiger charge is -2.18. The number of fused-ring (bicyclic) bond motifs is 2. The van der Waals surface area contributed by atoms with Crippen LogP contribution in [0.4, 0.5) is 5.69 Å². The summed E-state index contributed by atoms with van der Waals surface area (Å²) in [5, 5.41) is 32.8. The molecule has 0 unspecified atom stereocenters. The summed E-state index contributed by atoms with van der Waals surface area (Å²) in [7, 11) is -3.92. The van der Waals surface area contributed by atoms with Crippen LogP contribution in [0.5, 0.6) is 17.2 Å². The predicted molar refractivity (Wildman–Crippen MR) is 126 cm³/mol. The van der Waals surface area contributed by atoms with Crippen LogP contribution in [0.2, 0.25) is 0 Å². The zero-order valence-corrected chi connectivity index (χ0v) is 18.5. The number of phenolic OH excluding ortho intramolecular Hbond substituents is 2. The quantitative estimate of drug-likeness (QED) is 0.280. The summed E-state index contributed by atoms with van der Waals surface area (Å²) in [6, 6.07) is 12.8. The Kier molecular flexibility index (Phi) is 5.18. The number of nitrogens with one attached hydrogen (secondary N) is 2. The minimum absolute atomic E-state index is 0.0286. The fourth-order valence-electron chi connectivity index (χ4n) is 3.95. The Morgan fingerprint density at radius 3 is 2.53 bits per heavy atom. The molecule has 0 aliphatic carbocycles. The van der Waals surface area contributed by atoms with E-state index < -0.39 is 27.0 Å². The lowest BCUT2D eigenvalue weighted by Crippen LogP contribution is -2.24. The Morgan fingerprint density at radius 2 is 1.74 bits per heavy atom. The highest BCUT2D eigenvalue weighted by molar-refractivity contribution is 7.92. The molecule has 5 rings (SSSR count). The van der Waals surface area contributed by atoms with Crippen molar-refractivity contribution in [3.05, 3.63) is 75.9 Å². The van der Waals surface area contributed by atoms with Crippen LogP contribution in [0.15, 0.2) is 68.7 Å². The lowest BCUT2D eigenvalue weighted by molar-refractivity contribution is 0.403. The number of hydrogen-bond acceptors (Lipinski definition) is 8. The fourth-order valence-corrected chi connectivity index (χ4v) is 5.05. The van der Waals surface area contributed by atoms with E-state index in [-0.39, 0.29) is 38.6 Å². The van der Waals surface area contributed by atoms with Crippen molar-refractivity contribution >= 4 is 26.7 Å². The summed E-state index contributed by atoms with van der Waals surface area (Å²) < 4.78 is 34.0. The van der Waals surface area contributed by atoms with Crippen LogP contribution >= 0.6 is 0 Å². The van der Waals surface area contributed by atoms with Gasteiger partial charge >= 0.3 is 0 Å². The third-order valence-corrected chi connectivity index (χ3v) is 7.11. The summed E-state index contributed by atoms with van der Waals surface area (Å²) in [5.41, 5.74) is 1.67. The van der Waals surface area contributed by atoms with Crippen molar-refractivity contribution in [1.29, 1.82) is 0 Å². The standard InChI is InChI=1S/C24H20N2O7S/c27-19-5-2-14(10-20(19)28)24-23(30)22(29)18-11-16(3-6-21(18)33-24)26-34(31,32)17-4-1-13-7-8-25-12-15(13)9-17/h1-6,9-11,25-28,30H,7-8,12H2. The molecule has 10 heteroatoms. The van der Waals surface area contributed by atoms with E-state index in [0.717, 1.165) is 30.2 Å². The van der Waals surface area contributed by atoms with Crippen LogP contribution in [-0.2, 0) is 23.0 Å². The molecule has 3 aromatic carbocycles. The van der Waals surface area contributed by atoms with Gasteiger partial charge in [0.15, 0.2) is 17.3 Å². The molecule has 2 heterocycles. The molecule has 0 fully saturated rings. The molecule has 0 atom stereocenters. The van der Waals surface area contributed by atoms with Crippen LogP contribution in [0.3, 0.4) is 0 Å². The van der Waals surface area contributed by atoms with Gasteiger partial charge in [-0.25, -0.2) is 8.42 Å². The fraction of sp³-hybridized carbons (Fsp3) is 0.125. The third kappa shape index (κ3) is 3.82. The number of sulfonamides is 1. The molecule has 34 heavy (non-hydrogen) atoms. The van der Waals surface area contributed by atoms with E-state index in [0.29, 0.717) is 6.54 Å². The van der Waals surface area contributed by atoms with Gasteiger partial charge in [0.1, 0.15) is 5.58 Å². The van der Waals surface area contributed by atoms with Gasteiger partial charge in [0.2, 0.25) is 11.2 Å². The van der Waals surface area contributed by atoms with Gasteiger partial charge in [-0.05, 0) is 72.6 Å². The Morgan fingerprint density at radius 1 is 0.912 bits per heavy atom. The first kappa shape index (κ1) is 21.8. The SMILES string of the molecule is O=c1c(O)c(-c2ccc(O)c(O)c2)oc2ccc(NS(=O)(=O)c3ccc4c(c3)CNCC4)cc12. The molecule has 1 aliphatic heterocycles. The maximum absolute atomic E-state index is 12.9. The summed E-state index contributed by atoms with van der Waals surface area (Å²) in [6.45, 7) is 1.44. The lowest BCUT2D eigenvalue weighted by atomic mass is 10.0. The number of hydrogen-bond donors (Lipinski definition) is 5. The second kappa shape index (κ2) is 8.08. The van der Waals surface area contributed by atoms with Crippen molar-refractivity contribution in [3.8, 4) is 28.6 Å². The largest absolute Gasteiger partial charge is 0.504 e. The summed E-state index contributed by atoms with van der Waals surface area (Å²) >= 11 is 0. The maximum atomic E-state index is 12.9. The normalized spacial score (nSPS) is 13.5. The molecular weight excluding hydrogens is 460 g/mol. The molecule has 0 radical (unpaired) electrons. The number of aromatic hydroxyl groups is 3. The number of phenols is 2. The van der Waals surface area contributed by atoms with Gasteiger partial charge in [-0.3, -0.25) is 9.52 Å². The highest BCUT2D eigenvalue weighted by Crippen LogP contribution is 2.35. The molecule has 0 saturated heterocycles. The number of benzene rings is 3. The molecule has 174 valence electrons. The van der Waals surface area contributed by atoms with Gasteiger partial charge in [0.25, 0.3) is 10.0 Å². The van der Waals surface area contributed by atoms with E-state index in [1.54, 1.807) is 18.2 Å². The van der Waals surface area contributed by atoms with Crippen LogP contribution in [0.1, 0.15) is 11.1 Å². The number of rotatable bonds is 4. The molecule has 1 aliphatic rings. The molecule has 0 spiro atoms. The van der Waals surface area contributed by atoms with E-state index in [2.05, 4.69) is 10.0 Å². The van der Waals surface area contributed by atoms with Gasteiger partial charge < -0.3 is 25.1 Å². The topological polar surface area (TPSA) is 149 Å². The van der Waals surface area contributed by atoms with Gasteiger partial charge in [-0.15, -0.1) is 0 Å². The molecule has 0 amide bonds. The average Bonchev–Trinajstić information content (AvgIpc) is 2.83. The summed E-state index contributed by atoms with van der Waals surface area (Å²) in [5.74, 6) is -1.70. The molecule has 4 aromatic rings. The number of anilines is 1. The van der Waals surface area contributed by atoms with Crippen molar-refractivity contribution in [2.75, 3.05) is 11.3 Å². The van der Waals surface area contributed by atoms with Gasteiger partial charge in [-0.1, -0.05) is 6.07 Å². The Labute approximate surface area is 194 Å². The average molecular weight is 480 g/mol. The summed E-state index contributed by atoms with van der Waals surface area (Å²) in [6.07, 6.45) is 0.832. The van der Waals surface area contributed by atoms with Crippen molar-refractivity contribution in [3.63, 3.8) is 0 Å². The van der Waals surface area contributed by atoms with E-state index in [9.17, 15) is 28.5 Å². The van der Waals surface area contributed by atoms with Gasteiger partial charge in [0, 0.05) is 17.8 Å². The predicted octanol–water partition coefficient (Wildman–Crippen LogP) is 3.02. The van der Waals surface area contributed by atoms with Crippen LogP contribution < -0.4 is 15.5 Å². The van der Waals surface area contributed by atoms with Crippen molar-refractivity contribution in [2.24, 2.45) is 0 Å². The summed E-state index contributed by atoms with van der Waals surface area (Å²) in [4.78, 5) is 12.9. The molecule has 1 aromatic heterocycles. The highest BCUT2D eigenvalue weighted by atomic mass is 32.2. The second-order valence-electron chi connectivity index (χ2n) is 7.99. The smallest absolute Gasteiger partial charge is 0.261 e. The highest BCUT2D eigenvalue weighted by Gasteiger charge is 2.20. The first-order valence-corrected chi connectivity index (χ1v) is 11.9. The minimum atomic E-state index is -3.92.